The number of benzene rings is 3. The molecule has 0 saturated carbocycles. The van der Waals surface area contributed by atoms with Crippen molar-refractivity contribution in [3.63, 3.8) is 0 Å². The van der Waals surface area contributed by atoms with Crippen molar-refractivity contribution in [3.05, 3.63) is 60.7 Å². The van der Waals surface area contributed by atoms with Gasteiger partial charge in [-0.1, -0.05) is 30.3 Å². The van der Waals surface area contributed by atoms with E-state index in [4.69, 9.17) is 11.5 Å². The quantitative estimate of drug-likeness (QED) is 0.543. The van der Waals surface area contributed by atoms with Crippen LogP contribution in [0.4, 0.5) is 11.4 Å². The van der Waals surface area contributed by atoms with E-state index in [1.165, 1.54) is 0 Å². The van der Waals surface area contributed by atoms with Crippen molar-refractivity contribution >= 4 is 11.4 Å². The van der Waals surface area contributed by atoms with Gasteiger partial charge >= 0.3 is 0 Å². The molecule has 4 nitrogen and oxygen atoms in total. The van der Waals surface area contributed by atoms with Crippen LogP contribution in [0.15, 0.2) is 60.7 Å². The van der Waals surface area contributed by atoms with Crippen molar-refractivity contribution in [3.8, 4) is 33.8 Å². The van der Waals surface area contributed by atoms with E-state index in [2.05, 4.69) is 0 Å². The number of aromatic hydroxyl groups is 2. The summed E-state index contributed by atoms with van der Waals surface area (Å²) in [5, 5.41) is 20.1. The fraction of sp³-hybridized carbons (Fsp3) is 0. The van der Waals surface area contributed by atoms with Gasteiger partial charge in [0.05, 0.1) is 0 Å². The normalized spacial score (nSPS) is 10.5. The Bertz CT molecular complexity index is 737. The molecule has 3 aromatic carbocycles. The second-order valence-electron chi connectivity index (χ2n) is 5.06. The van der Waals surface area contributed by atoms with E-state index < -0.39 is 0 Å². The first kappa shape index (κ1) is 13.8. The lowest BCUT2D eigenvalue weighted by molar-refractivity contribution is 0.477. The Balaban J connectivity index is 2.19. The molecule has 0 bridgehead atoms. The summed E-state index contributed by atoms with van der Waals surface area (Å²) in [6.07, 6.45) is 0. The van der Waals surface area contributed by atoms with Crippen LogP contribution in [-0.2, 0) is 0 Å². The van der Waals surface area contributed by atoms with Crippen molar-refractivity contribution in [1.29, 1.82) is 0 Å². The third kappa shape index (κ3) is 2.31. The molecule has 0 heterocycles. The molecule has 22 heavy (non-hydrogen) atoms. The molecule has 0 aliphatic carbocycles. The van der Waals surface area contributed by atoms with Crippen molar-refractivity contribution in [2.45, 2.75) is 0 Å². The number of phenols is 2. The minimum absolute atomic E-state index is 0.113. The number of rotatable bonds is 2. The van der Waals surface area contributed by atoms with Gasteiger partial charge in [0.25, 0.3) is 0 Å². The fourth-order valence-electron chi connectivity index (χ4n) is 2.57. The highest BCUT2D eigenvalue weighted by atomic mass is 16.3. The molecule has 0 atom stereocenters. The summed E-state index contributed by atoms with van der Waals surface area (Å²) in [4.78, 5) is 0. The molecule has 0 saturated heterocycles. The molecule has 0 fully saturated rings. The van der Waals surface area contributed by atoms with Crippen molar-refractivity contribution in [1.82, 2.24) is 0 Å². The molecule has 3 aromatic rings. The van der Waals surface area contributed by atoms with Crippen LogP contribution in [0.3, 0.4) is 0 Å². The second kappa shape index (κ2) is 5.33. The minimum Gasteiger partial charge on any atom is -0.507 e. The van der Waals surface area contributed by atoms with Gasteiger partial charge in [-0.25, -0.2) is 0 Å². The van der Waals surface area contributed by atoms with Crippen LogP contribution in [-0.4, -0.2) is 10.2 Å². The number of nitrogens with two attached hydrogens (primary N) is 2. The number of nitrogen functional groups attached to an aromatic ring is 2. The Hall–Kier alpha value is -3.14. The Morgan fingerprint density at radius 2 is 1.00 bits per heavy atom. The van der Waals surface area contributed by atoms with Crippen LogP contribution in [0.25, 0.3) is 22.3 Å². The molecule has 0 aromatic heterocycles. The third-order valence-electron chi connectivity index (χ3n) is 3.59. The first-order chi connectivity index (χ1) is 10.6. The maximum atomic E-state index is 10.1. The Morgan fingerprint density at radius 3 is 1.41 bits per heavy atom. The Morgan fingerprint density at radius 1 is 0.591 bits per heavy atom. The highest BCUT2D eigenvalue weighted by Crippen LogP contribution is 2.39. The highest BCUT2D eigenvalue weighted by molar-refractivity contribution is 5.87. The summed E-state index contributed by atoms with van der Waals surface area (Å²) >= 11 is 0. The monoisotopic (exact) mass is 292 g/mol. The predicted octanol–water partition coefficient (Wildman–Crippen LogP) is 3.60. The zero-order valence-electron chi connectivity index (χ0n) is 11.8. The van der Waals surface area contributed by atoms with E-state index in [-0.39, 0.29) is 11.5 Å². The average molecular weight is 292 g/mol. The van der Waals surface area contributed by atoms with Crippen molar-refractivity contribution in [2.75, 3.05) is 11.5 Å². The summed E-state index contributed by atoms with van der Waals surface area (Å²) in [6, 6.07) is 17.4. The molecular formula is C18H16N2O2. The van der Waals surface area contributed by atoms with Gasteiger partial charge in [0.2, 0.25) is 0 Å². The molecule has 0 aliphatic heterocycles. The number of phenolic OH excluding ortho intramolecular Hbond substituents is 2. The van der Waals surface area contributed by atoms with Crippen molar-refractivity contribution in [2.24, 2.45) is 0 Å². The van der Waals surface area contributed by atoms with Gasteiger partial charge in [-0.05, 0) is 41.5 Å². The van der Waals surface area contributed by atoms with Crippen LogP contribution in [0.2, 0.25) is 0 Å². The molecule has 110 valence electrons. The third-order valence-corrected chi connectivity index (χ3v) is 3.59. The summed E-state index contributed by atoms with van der Waals surface area (Å²) in [6.45, 7) is 0. The lowest BCUT2D eigenvalue weighted by atomic mass is 9.96. The molecule has 0 unspecified atom stereocenters. The van der Waals surface area contributed by atoms with Crippen LogP contribution in [0.5, 0.6) is 11.5 Å². The maximum absolute atomic E-state index is 10.1. The van der Waals surface area contributed by atoms with Gasteiger partial charge in [0.1, 0.15) is 11.5 Å². The van der Waals surface area contributed by atoms with Gasteiger partial charge < -0.3 is 21.7 Å². The zero-order chi connectivity index (χ0) is 15.7. The van der Waals surface area contributed by atoms with Gasteiger partial charge in [0, 0.05) is 22.5 Å². The molecule has 0 spiro atoms. The smallest absolute Gasteiger partial charge is 0.125 e. The molecule has 0 aliphatic rings. The van der Waals surface area contributed by atoms with E-state index in [0.29, 0.717) is 22.5 Å². The van der Waals surface area contributed by atoms with E-state index in [1.807, 2.05) is 24.3 Å². The predicted molar refractivity (Wildman–Crippen MR) is 89.5 cm³/mol. The van der Waals surface area contributed by atoms with Crippen LogP contribution in [0.1, 0.15) is 0 Å². The molecule has 0 amide bonds. The standard InChI is InChI=1S/C18H16N2O2/c19-13-6-2-8-15(21)17(13)11-4-1-5-12(10-11)18-14(20)7-3-9-16(18)22/h1-10,21-22H,19-20H2. The van der Waals surface area contributed by atoms with Crippen LogP contribution in [0, 0.1) is 0 Å². The fourth-order valence-corrected chi connectivity index (χ4v) is 2.57. The lowest BCUT2D eigenvalue weighted by Gasteiger charge is -2.12. The molecule has 0 radical (unpaired) electrons. The van der Waals surface area contributed by atoms with Gasteiger partial charge in [-0.15, -0.1) is 0 Å². The van der Waals surface area contributed by atoms with E-state index in [0.717, 1.165) is 11.1 Å². The number of anilines is 2. The largest absolute Gasteiger partial charge is 0.507 e. The number of hydrogen-bond acceptors (Lipinski definition) is 4. The summed E-state index contributed by atoms with van der Waals surface area (Å²) in [5.74, 6) is 0.227. The van der Waals surface area contributed by atoms with E-state index in [1.54, 1.807) is 36.4 Å². The Kier molecular flexibility index (Phi) is 3.35. The van der Waals surface area contributed by atoms with E-state index in [9.17, 15) is 10.2 Å². The van der Waals surface area contributed by atoms with E-state index >= 15 is 0 Å². The lowest BCUT2D eigenvalue weighted by Crippen LogP contribution is -1.92. The zero-order valence-corrected chi connectivity index (χ0v) is 11.8. The molecule has 6 N–H and O–H groups in total. The first-order valence-corrected chi connectivity index (χ1v) is 6.83. The van der Waals surface area contributed by atoms with Gasteiger partial charge in [-0.3, -0.25) is 0 Å². The number of hydrogen-bond donors (Lipinski definition) is 4. The summed E-state index contributed by atoms with van der Waals surface area (Å²) in [5.41, 5.74) is 15.6. The Labute approximate surface area is 128 Å². The molecule has 4 heteroatoms. The SMILES string of the molecule is Nc1cccc(O)c1-c1cccc(-c2c(N)cccc2O)c1. The van der Waals surface area contributed by atoms with Crippen LogP contribution < -0.4 is 11.5 Å². The molecule has 3 rings (SSSR count). The second-order valence-corrected chi connectivity index (χ2v) is 5.06. The first-order valence-electron chi connectivity index (χ1n) is 6.83. The molecular weight excluding hydrogens is 276 g/mol. The summed E-state index contributed by atoms with van der Waals surface area (Å²) in [7, 11) is 0. The maximum Gasteiger partial charge on any atom is 0.125 e. The summed E-state index contributed by atoms with van der Waals surface area (Å²) < 4.78 is 0. The highest BCUT2D eigenvalue weighted by Gasteiger charge is 2.12. The van der Waals surface area contributed by atoms with Gasteiger partial charge in [0.15, 0.2) is 0 Å². The topological polar surface area (TPSA) is 92.5 Å². The van der Waals surface area contributed by atoms with Gasteiger partial charge in [-0.2, -0.15) is 0 Å². The minimum atomic E-state index is 0.113. The average Bonchev–Trinajstić information content (AvgIpc) is 2.47. The van der Waals surface area contributed by atoms with Crippen molar-refractivity contribution < 1.29 is 10.2 Å². The van der Waals surface area contributed by atoms with Crippen LogP contribution >= 0.6 is 0 Å².